The molecular weight excluding hydrogens is 456 g/mol. The molecule has 1 atom stereocenters. The molecule has 2 aromatic rings. The Hall–Kier alpha value is -1.87. The molecule has 1 aliphatic heterocycles. The Bertz CT molecular complexity index is 805. The first kappa shape index (κ1) is 27.2. The van der Waals surface area contributed by atoms with Crippen LogP contribution in [0.4, 0.5) is 13.2 Å². The topological polar surface area (TPSA) is 43.0 Å². The molecule has 0 amide bonds. The van der Waals surface area contributed by atoms with Crippen LogP contribution in [-0.4, -0.2) is 51.7 Å². The van der Waals surface area contributed by atoms with E-state index in [9.17, 15) is 13.2 Å². The van der Waals surface area contributed by atoms with Crippen LogP contribution in [0.2, 0.25) is 0 Å². The highest BCUT2D eigenvalue weighted by molar-refractivity contribution is 5.85. The second-order valence-corrected chi connectivity index (χ2v) is 6.89. The van der Waals surface area contributed by atoms with Crippen molar-refractivity contribution in [2.45, 2.75) is 19.3 Å². The van der Waals surface area contributed by atoms with Gasteiger partial charge in [-0.15, -0.1) is 38.0 Å². The van der Waals surface area contributed by atoms with Gasteiger partial charge in [0.25, 0.3) is 0 Å². The molecule has 0 radical (unpaired) electrons. The van der Waals surface area contributed by atoms with Crippen LogP contribution in [0.5, 0.6) is 17.2 Å². The van der Waals surface area contributed by atoms with Gasteiger partial charge < -0.3 is 19.5 Å². The standard InChI is InChI=1S/C21H25F3N2O3.2ClH/c1-14-12-17(27-2)19(18(13-14)28-3)20(26-10-8-25-9-11-26)15-4-6-16(7-5-15)29-21(22,23)24;;/h4-7,12-13,20,25H,8-11H2,1-3H3;2*1H/t20-;;/m0../s1. The molecule has 1 fully saturated rings. The van der Waals surface area contributed by atoms with Crippen LogP contribution in [-0.2, 0) is 0 Å². The molecule has 0 saturated carbocycles. The molecule has 0 aliphatic carbocycles. The predicted octanol–water partition coefficient (Wildman–Crippen LogP) is 4.75. The van der Waals surface area contributed by atoms with Crippen LogP contribution in [0, 0.1) is 6.92 Å². The molecule has 1 saturated heterocycles. The second kappa shape index (κ2) is 11.7. The van der Waals surface area contributed by atoms with E-state index >= 15 is 0 Å². The van der Waals surface area contributed by atoms with Gasteiger partial charge in [0.15, 0.2) is 0 Å². The third-order valence-corrected chi connectivity index (χ3v) is 4.91. The molecule has 5 nitrogen and oxygen atoms in total. The summed E-state index contributed by atoms with van der Waals surface area (Å²) in [6, 6.07) is 9.64. The van der Waals surface area contributed by atoms with E-state index in [2.05, 4.69) is 15.0 Å². The lowest BCUT2D eigenvalue weighted by Gasteiger charge is -2.36. The van der Waals surface area contributed by atoms with Gasteiger partial charge in [0.05, 0.1) is 25.8 Å². The molecule has 0 aromatic heterocycles. The van der Waals surface area contributed by atoms with Crippen LogP contribution >= 0.6 is 24.8 Å². The van der Waals surface area contributed by atoms with Gasteiger partial charge >= 0.3 is 6.36 Å². The summed E-state index contributed by atoms with van der Waals surface area (Å²) in [5, 5.41) is 3.32. The molecule has 0 unspecified atom stereocenters. The third kappa shape index (κ3) is 6.80. The molecular formula is C21H27Cl2F3N2O3. The van der Waals surface area contributed by atoms with E-state index < -0.39 is 6.36 Å². The maximum Gasteiger partial charge on any atom is 0.573 e. The highest BCUT2D eigenvalue weighted by Gasteiger charge is 2.32. The maximum atomic E-state index is 12.5. The Kier molecular flexibility index (Phi) is 10.2. The van der Waals surface area contributed by atoms with Crippen LogP contribution < -0.4 is 19.5 Å². The number of piperazine rings is 1. The molecule has 31 heavy (non-hydrogen) atoms. The number of nitrogens with one attached hydrogen (secondary N) is 1. The number of methoxy groups -OCH3 is 2. The van der Waals surface area contributed by atoms with Gasteiger partial charge in [-0.05, 0) is 42.3 Å². The number of halogens is 5. The zero-order valence-electron chi connectivity index (χ0n) is 17.5. The van der Waals surface area contributed by atoms with Gasteiger partial charge in [0.2, 0.25) is 0 Å². The lowest BCUT2D eigenvalue weighted by molar-refractivity contribution is -0.274. The Morgan fingerprint density at radius 3 is 1.90 bits per heavy atom. The van der Waals surface area contributed by atoms with Gasteiger partial charge in [-0.1, -0.05) is 12.1 Å². The lowest BCUT2D eigenvalue weighted by Crippen LogP contribution is -2.45. The minimum absolute atomic E-state index is 0. The first-order chi connectivity index (χ1) is 13.8. The summed E-state index contributed by atoms with van der Waals surface area (Å²) < 4.78 is 52.9. The Morgan fingerprint density at radius 1 is 0.935 bits per heavy atom. The Morgan fingerprint density at radius 2 is 1.45 bits per heavy atom. The normalized spacial score (nSPS) is 15.3. The van der Waals surface area contributed by atoms with E-state index in [4.69, 9.17) is 9.47 Å². The number of nitrogens with zero attached hydrogens (tertiary/aromatic N) is 1. The number of aryl methyl sites for hydroxylation is 1. The average molecular weight is 483 g/mol. The van der Waals surface area contributed by atoms with Crippen molar-refractivity contribution in [1.82, 2.24) is 10.2 Å². The van der Waals surface area contributed by atoms with Crippen molar-refractivity contribution in [2.75, 3.05) is 40.4 Å². The number of rotatable bonds is 6. The third-order valence-electron chi connectivity index (χ3n) is 4.91. The summed E-state index contributed by atoms with van der Waals surface area (Å²) in [7, 11) is 3.21. The fourth-order valence-corrected chi connectivity index (χ4v) is 3.69. The number of ether oxygens (including phenoxy) is 3. The van der Waals surface area contributed by atoms with E-state index in [-0.39, 0.29) is 36.6 Å². The lowest BCUT2D eigenvalue weighted by atomic mass is 9.93. The zero-order chi connectivity index (χ0) is 21.0. The summed E-state index contributed by atoms with van der Waals surface area (Å²) in [5.74, 6) is 1.12. The monoisotopic (exact) mass is 482 g/mol. The van der Waals surface area contributed by atoms with Crippen molar-refractivity contribution in [3.05, 3.63) is 53.1 Å². The molecule has 10 heteroatoms. The van der Waals surface area contributed by atoms with Gasteiger partial charge in [-0.25, -0.2) is 0 Å². The van der Waals surface area contributed by atoms with Gasteiger partial charge in [-0.2, -0.15) is 0 Å². The summed E-state index contributed by atoms with van der Waals surface area (Å²) >= 11 is 0. The van der Waals surface area contributed by atoms with Crippen LogP contribution in [0.3, 0.4) is 0 Å². The first-order valence-corrected chi connectivity index (χ1v) is 9.35. The SMILES string of the molecule is COc1cc(C)cc(OC)c1[C@H](c1ccc(OC(F)(F)F)cc1)N1CCNCC1.Cl.Cl. The fourth-order valence-electron chi connectivity index (χ4n) is 3.69. The Labute approximate surface area is 192 Å². The quantitative estimate of drug-likeness (QED) is 0.643. The van der Waals surface area contributed by atoms with Crippen LogP contribution in [0.1, 0.15) is 22.7 Å². The van der Waals surface area contributed by atoms with Crippen molar-refractivity contribution >= 4 is 24.8 Å². The highest BCUT2D eigenvalue weighted by atomic mass is 35.5. The van der Waals surface area contributed by atoms with Gasteiger partial charge in [0, 0.05) is 26.2 Å². The van der Waals surface area contributed by atoms with E-state index in [1.165, 1.54) is 12.1 Å². The first-order valence-electron chi connectivity index (χ1n) is 9.35. The van der Waals surface area contributed by atoms with Crippen LogP contribution in [0.25, 0.3) is 0 Å². The highest BCUT2D eigenvalue weighted by Crippen LogP contribution is 2.42. The predicted molar refractivity (Wildman–Crippen MR) is 118 cm³/mol. The largest absolute Gasteiger partial charge is 0.573 e. The molecule has 1 aliphatic rings. The molecule has 2 aromatic carbocycles. The minimum Gasteiger partial charge on any atom is -0.496 e. The molecule has 3 rings (SSSR count). The minimum atomic E-state index is -4.72. The average Bonchev–Trinajstić information content (AvgIpc) is 2.69. The number of benzene rings is 2. The van der Waals surface area contributed by atoms with Crippen molar-refractivity contribution in [3.63, 3.8) is 0 Å². The number of hydrogen-bond acceptors (Lipinski definition) is 5. The Balaban J connectivity index is 0.00000240. The van der Waals surface area contributed by atoms with Crippen molar-refractivity contribution in [2.24, 2.45) is 0 Å². The number of alkyl halides is 3. The number of hydrogen-bond donors (Lipinski definition) is 1. The van der Waals surface area contributed by atoms with Crippen LogP contribution in [0.15, 0.2) is 36.4 Å². The zero-order valence-corrected chi connectivity index (χ0v) is 19.1. The van der Waals surface area contributed by atoms with Crippen molar-refractivity contribution in [3.8, 4) is 17.2 Å². The summed E-state index contributed by atoms with van der Waals surface area (Å²) in [6.45, 7) is 5.17. The fraction of sp³-hybridized carbons (Fsp3) is 0.429. The summed E-state index contributed by atoms with van der Waals surface area (Å²) in [6.07, 6.45) is -4.72. The van der Waals surface area contributed by atoms with Gasteiger partial charge in [-0.3, -0.25) is 4.90 Å². The molecule has 174 valence electrons. The van der Waals surface area contributed by atoms with E-state index in [0.29, 0.717) is 11.5 Å². The van der Waals surface area contributed by atoms with E-state index in [1.807, 2.05) is 19.1 Å². The smallest absolute Gasteiger partial charge is 0.496 e. The molecule has 1 N–H and O–H groups in total. The maximum absolute atomic E-state index is 12.5. The van der Waals surface area contributed by atoms with E-state index in [1.54, 1.807) is 26.4 Å². The van der Waals surface area contributed by atoms with Crippen molar-refractivity contribution in [1.29, 1.82) is 0 Å². The molecule has 1 heterocycles. The second-order valence-electron chi connectivity index (χ2n) is 6.89. The van der Waals surface area contributed by atoms with Crippen molar-refractivity contribution < 1.29 is 27.4 Å². The summed E-state index contributed by atoms with van der Waals surface area (Å²) in [4.78, 5) is 2.27. The van der Waals surface area contributed by atoms with Gasteiger partial charge in [0.1, 0.15) is 17.2 Å². The molecule has 0 spiro atoms. The molecule has 0 bridgehead atoms. The van der Waals surface area contributed by atoms with E-state index in [0.717, 1.165) is 42.9 Å². The summed E-state index contributed by atoms with van der Waals surface area (Å²) in [5.41, 5.74) is 2.68.